The molecule has 4 rings (SSSR count). The molecular formula is C30H37ClF2N6O2. The molecule has 1 aliphatic carbocycles. The number of allylic oxidation sites excluding steroid dienone is 5. The Morgan fingerprint density at radius 2 is 1.85 bits per heavy atom. The summed E-state index contributed by atoms with van der Waals surface area (Å²) in [6.07, 6.45) is 15.5. The fourth-order valence-electron chi connectivity index (χ4n) is 3.78. The molecule has 0 bridgehead atoms. The molecule has 0 radical (unpaired) electrons. The van der Waals surface area contributed by atoms with Crippen LogP contribution in [0, 0.1) is 19.7 Å². The van der Waals surface area contributed by atoms with Crippen LogP contribution in [0.1, 0.15) is 24.0 Å². The molecule has 0 aromatic heterocycles. The second-order valence-corrected chi connectivity index (χ2v) is 8.83. The van der Waals surface area contributed by atoms with Crippen LogP contribution in [-0.4, -0.2) is 37.1 Å². The summed E-state index contributed by atoms with van der Waals surface area (Å²) in [7, 11) is 0. The largest absolute Gasteiger partial charge is 0.372 e. The minimum Gasteiger partial charge on any atom is -0.372 e. The van der Waals surface area contributed by atoms with Gasteiger partial charge in [-0.25, -0.2) is 4.39 Å². The number of primary amides is 1. The number of para-hydroxylation sites is 1. The molecule has 1 heterocycles. The smallest absolute Gasteiger partial charge is 0.204 e. The standard InChI is InChI=1S/C27H29FN4.C2H3ClO.CH3NO.FH2N/c1-19-8-3-4-11-25(19)29-15-6-5-9-21-10-7-12-26-23(17-21)27(31-18-30-26)32-22-13-14-24(28)20(2)16-22;3-1-2-4;2-1-3;1-2/h3-4,6-8,10-17,26,29-30H,5,9,18H2,1-2H3,(H,31,32);2H,1H2;1H,(H2,2,3);2H2/b15-6+;;;. The average molecular weight is 587 g/mol. The van der Waals surface area contributed by atoms with Crippen LogP contribution in [-0.2, 0) is 9.59 Å². The number of amides is 1. The van der Waals surface area contributed by atoms with Gasteiger partial charge in [-0.15, -0.1) is 16.1 Å². The number of rotatable bonds is 7. The van der Waals surface area contributed by atoms with E-state index in [1.807, 2.05) is 24.4 Å². The Morgan fingerprint density at radius 1 is 1.15 bits per heavy atom. The van der Waals surface area contributed by atoms with Crippen molar-refractivity contribution in [1.29, 1.82) is 0 Å². The van der Waals surface area contributed by atoms with Gasteiger partial charge in [-0.2, -0.15) is 5.96 Å². The molecular weight excluding hydrogens is 550 g/mol. The highest BCUT2D eigenvalue weighted by molar-refractivity contribution is 6.24. The first-order chi connectivity index (χ1) is 19.9. The number of fused-ring (bicyclic) bond motifs is 1. The number of carbonyl (C=O) groups excluding carboxylic acids is 2. The minimum atomic E-state index is -0.201. The molecule has 41 heavy (non-hydrogen) atoms. The number of hydrogen-bond donors (Lipinski definition) is 5. The Kier molecular flexibility index (Phi) is 17.7. The summed E-state index contributed by atoms with van der Waals surface area (Å²) < 4.78 is 22.6. The van der Waals surface area contributed by atoms with Crippen LogP contribution in [0.25, 0.3) is 0 Å². The molecule has 7 N–H and O–H groups in total. The lowest BCUT2D eigenvalue weighted by atomic mass is 10.0. The van der Waals surface area contributed by atoms with Crippen LogP contribution >= 0.6 is 11.6 Å². The van der Waals surface area contributed by atoms with Crippen molar-refractivity contribution >= 4 is 41.5 Å². The quantitative estimate of drug-likeness (QED) is 0.168. The van der Waals surface area contributed by atoms with Gasteiger partial charge in [-0.1, -0.05) is 48.6 Å². The number of carbonyl (C=O) groups is 2. The van der Waals surface area contributed by atoms with Gasteiger partial charge in [0, 0.05) is 16.9 Å². The molecule has 2 aliphatic rings. The van der Waals surface area contributed by atoms with Crippen molar-refractivity contribution in [3.8, 4) is 0 Å². The molecule has 0 saturated heterocycles. The van der Waals surface area contributed by atoms with Crippen molar-refractivity contribution in [3.05, 3.63) is 107 Å². The molecule has 11 heteroatoms. The number of aldehydes is 1. The zero-order valence-electron chi connectivity index (χ0n) is 23.1. The first kappa shape index (κ1) is 34.9. The first-order valence-electron chi connectivity index (χ1n) is 12.7. The second-order valence-electron chi connectivity index (χ2n) is 8.52. The number of aryl methyl sites for hydroxylation is 2. The topological polar surface area (TPSA) is 135 Å². The molecule has 1 amide bonds. The second kappa shape index (κ2) is 20.7. The number of amidine groups is 1. The van der Waals surface area contributed by atoms with Gasteiger partial charge < -0.3 is 21.2 Å². The van der Waals surface area contributed by atoms with Crippen LogP contribution in [0.4, 0.5) is 20.2 Å². The van der Waals surface area contributed by atoms with Crippen LogP contribution in [0.15, 0.2) is 95.2 Å². The van der Waals surface area contributed by atoms with E-state index < -0.39 is 0 Å². The Bertz CT molecular complexity index is 1260. The molecule has 0 saturated carbocycles. The molecule has 1 unspecified atom stereocenters. The summed E-state index contributed by atoms with van der Waals surface area (Å²) in [5.41, 5.74) is 10.3. The number of alkyl halides is 1. The fraction of sp³-hybridized carbons (Fsp3) is 0.233. The van der Waals surface area contributed by atoms with Crippen molar-refractivity contribution in [3.63, 3.8) is 0 Å². The molecule has 1 aliphatic heterocycles. The van der Waals surface area contributed by atoms with E-state index in [-0.39, 0.29) is 24.1 Å². The third-order valence-electron chi connectivity index (χ3n) is 5.70. The van der Waals surface area contributed by atoms with Crippen LogP contribution < -0.4 is 27.6 Å². The minimum absolute atomic E-state index is 0.101. The van der Waals surface area contributed by atoms with Crippen LogP contribution in [0.5, 0.6) is 0 Å². The number of nitrogens with two attached hydrogens (primary N) is 2. The van der Waals surface area contributed by atoms with Gasteiger partial charge in [0.2, 0.25) is 6.41 Å². The third kappa shape index (κ3) is 12.7. The summed E-state index contributed by atoms with van der Waals surface area (Å²) in [4.78, 5) is 22.3. The predicted octanol–water partition coefficient (Wildman–Crippen LogP) is 5.37. The molecule has 0 spiro atoms. The fourth-order valence-corrected chi connectivity index (χ4v) is 3.78. The number of aliphatic imine (C=N–C) groups is 1. The SMILES string of the molecule is Cc1cc(NC2=NCNC3C=CC=C(CC/C=C/Nc4ccccc4C)C=C23)ccc1F.NC=O.NF.O=CCCl. The van der Waals surface area contributed by atoms with Gasteiger partial charge in [-0.05, 0) is 73.9 Å². The van der Waals surface area contributed by atoms with E-state index in [9.17, 15) is 4.39 Å². The van der Waals surface area contributed by atoms with Gasteiger partial charge in [0.05, 0.1) is 18.6 Å². The Balaban J connectivity index is 0.000000830. The average Bonchev–Trinajstić information content (AvgIpc) is 3.20. The summed E-state index contributed by atoms with van der Waals surface area (Å²) >= 11 is 4.82. The van der Waals surface area contributed by atoms with E-state index in [4.69, 9.17) is 25.7 Å². The van der Waals surface area contributed by atoms with E-state index in [1.54, 1.807) is 13.0 Å². The Morgan fingerprint density at radius 3 is 2.51 bits per heavy atom. The van der Waals surface area contributed by atoms with Gasteiger partial charge in [0.1, 0.15) is 17.9 Å². The monoisotopic (exact) mass is 586 g/mol. The van der Waals surface area contributed by atoms with Crippen molar-refractivity contribution < 1.29 is 18.5 Å². The summed E-state index contributed by atoms with van der Waals surface area (Å²) in [6, 6.07) is 13.4. The maximum atomic E-state index is 13.6. The normalized spacial score (nSPS) is 15.0. The predicted molar refractivity (Wildman–Crippen MR) is 165 cm³/mol. The number of hydrogen-bond acceptors (Lipinski definition) is 7. The highest BCUT2D eigenvalue weighted by Crippen LogP contribution is 2.23. The number of halogens is 3. The van der Waals surface area contributed by atoms with Crippen LogP contribution in [0.3, 0.4) is 0 Å². The lowest BCUT2D eigenvalue weighted by molar-refractivity contribution is -0.107. The van der Waals surface area contributed by atoms with Crippen molar-refractivity contribution in [1.82, 2.24) is 5.32 Å². The highest BCUT2D eigenvalue weighted by atomic mass is 35.5. The first-order valence-corrected chi connectivity index (χ1v) is 13.2. The van der Waals surface area contributed by atoms with Crippen molar-refractivity contribution in [2.45, 2.75) is 32.7 Å². The van der Waals surface area contributed by atoms with E-state index in [0.29, 0.717) is 18.5 Å². The third-order valence-corrected chi connectivity index (χ3v) is 5.82. The molecule has 220 valence electrons. The van der Waals surface area contributed by atoms with Gasteiger partial charge in [-0.3, -0.25) is 15.1 Å². The number of anilines is 2. The molecule has 2 aromatic rings. The van der Waals surface area contributed by atoms with E-state index in [1.165, 1.54) is 17.2 Å². The molecule has 1 atom stereocenters. The molecule has 0 fully saturated rings. The molecule has 2 aromatic carbocycles. The lowest BCUT2D eigenvalue weighted by Crippen LogP contribution is -2.39. The lowest BCUT2D eigenvalue weighted by Gasteiger charge is -2.25. The number of nitrogens with one attached hydrogen (secondary N) is 3. The maximum absolute atomic E-state index is 13.6. The highest BCUT2D eigenvalue weighted by Gasteiger charge is 2.22. The summed E-state index contributed by atoms with van der Waals surface area (Å²) in [6.45, 7) is 4.40. The van der Waals surface area contributed by atoms with E-state index in [2.05, 4.69) is 82.1 Å². The van der Waals surface area contributed by atoms with Gasteiger partial charge in [0.25, 0.3) is 0 Å². The summed E-state index contributed by atoms with van der Waals surface area (Å²) in [5, 5.41) is 10.2. The molecule has 8 nitrogen and oxygen atoms in total. The van der Waals surface area contributed by atoms with Crippen molar-refractivity contribution in [2.24, 2.45) is 16.7 Å². The number of benzene rings is 2. The van der Waals surface area contributed by atoms with Crippen molar-refractivity contribution in [2.75, 3.05) is 23.2 Å². The van der Waals surface area contributed by atoms with Gasteiger partial charge >= 0.3 is 0 Å². The zero-order valence-corrected chi connectivity index (χ0v) is 23.9. The van der Waals surface area contributed by atoms with E-state index >= 15 is 0 Å². The van der Waals surface area contributed by atoms with Crippen LogP contribution in [0.2, 0.25) is 0 Å². The summed E-state index contributed by atoms with van der Waals surface area (Å²) in [5.74, 6) is 3.74. The number of nitrogens with zero attached hydrogens (tertiary/aromatic N) is 1. The van der Waals surface area contributed by atoms with E-state index in [0.717, 1.165) is 35.6 Å². The Labute approximate surface area is 244 Å². The maximum Gasteiger partial charge on any atom is 0.204 e. The van der Waals surface area contributed by atoms with Gasteiger partial charge in [0.15, 0.2) is 0 Å². The zero-order chi connectivity index (χ0) is 30.5. The Hall–Kier alpha value is -4.12.